The van der Waals surface area contributed by atoms with Gasteiger partial charge in [0, 0.05) is 53.0 Å². The van der Waals surface area contributed by atoms with Gasteiger partial charge >= 0.3 is 6.03 Å². The van der Waals surface area contributed by atoms with Crippen molar-refractivity contribution in [2.75, 3.05) is 13.1 Å². The van der Waals surface area contributed by atoms with Crippen molar-refractivity contribution in [2.45, 2.75) is 13.0 Å². The Kier molecular flexibility index (Phi) is 5.05. The molecule has 5 nitrogen and oxygen atoms in total. The quantitative estimate of drug-likeness (QED) is 0.658. The van der Waals surface area contributed by atoms with Crippen molar-refractivity contribution in [3.63, 3.8) is 0 Å². The number of aromatic amines is 1. The van der Waals surface area contributed by atoms with Gasteiger partial charge in [-0.3, -0.25) is 0 Å². The third kappa shape index (κ3) is 3.94. The minimum atomic E-state index is -0.0954. The minimum Gasteiger partial charge on any atom is -0.346 e. The van der Waals surface area contributed by atoms with Gasteiger partial charge in [-0.05, 0) is 47.9 Å². The molecule has 0 spiro atoms. The average molecular weight is 401 g/mol. The van der Waals surface area contributed by atoms with Crippen molar-refractivity contribution in [3.05, 3.63) is 70.0 Å². The highest BCUT2D eigenvalue weighted by atomic mass is 35.5. The van der Waals surface area contributed by atoms with Gasteiger partial charge in [0.1, 0.15) is 5.65 Å². The molecule has 2 amide bonds. The van der Waals surface area contributed by atoms with Gasteiger partial charge in [0.05, 0.1) is 0 Å². The van der Waals surface area contributed by atoms with Crippen LogP contribution in [0, 0.1) is 0 Å². The second-order valence-electron chi connectivity index (χ2n) is 6.46. The van der Waals surface area contributed by atoms with Crippen LogP contribution in [0.4, 0.5) is 4.79 Å². The van der Waals surface area contributed by atoms with E-state index in [-0.39, 0.29) is 6.03 Å². The first-order valence-electron chi connectivity index (χ1n) is 8.69. The first-order valence-corrected chi connectivity index (χ1v) is 9.45. The summed E-state index contributed by atoms with van der Waals surface area (Å²) in [5.41, 5.74) is 4.15. The number of halogens is 2. The minimum absolute atomic E-state index is 0.0954. The van der Waals surface area contributed by atoms with E-state index in [2.05, 4.69) is 27.4 Å². The van der Waals surface area contributed by atoms with E-state index < -0.39 is 0 Å². The van der Waals surface area contributed by atoms with E-state index >= 15 is 0 Å². The van der Waals surface area contributed by atoms with Crippen molar-refractivity contribution in [3.8, 4) is 0 Å². The molecule has 0 fully saturated rings. The molecule has 0 aliphatic carbocycles. The topological polar surface area (TPSA) is 61.0 Å². The molecule has 1 aromatic carbocycles. The highest BCUT2D eigenvalue weighted by molar-refractivity contribution is 6.34. The van der Waals surface area contributed by atoms with Gasteiger partial charge in [0.25, 0.3) is 0 Å². The molecule has 7 heteroatoms. The Morgan fingerprint density at radius 2 is 2.07 bits per heavy atom. The second-order valence-corrected chi connectivity index (χ2v) is 7.34. The zero-order valence-electron chi connectivity index (χ0n) is 14.5. The maximum atomic E-state index is 12.5. The lowest BCUT2D eigenvalue weighted by molar-refractivity contribution is 0.202. The normalized spacial score (nSPS) is 14.3. The fourth-order valence-electron chi connectivity index (χ4n) is 3.32. The van der Waals surface area contributed by atoms with Crippen LogP contribution >= 0.6 is 23.2 Å². The van der Waals surface area contributed by atoms with E-state index in [4.69, 9.17) is 23.2 Å². The third-order valence-electron chi connectivity index (χ3n) is 4.66. The molecule has 0 saturated heterocycles. The molecule has 3 heterocycles. The molecule has 0 saturated carbocycles. The number of hydrogen-bond acceptors (Lipinski definition) is 2. The summed E-state index contributed by atoms with van der Waals surface area (Å²) in [7, 11) is 0. The molecular formula is C20H18Cl2N4O. The summed E-state index contributed by atoms with van der Waals surface area (Å²) in [5, 5.41) is 5.16. The van der Waals surface area contributed by atoms with E-state index in [0.29, 0.717) is 29.7 Å². The summed E-state index contributed by atoms with van der Waals surface area (Å²) >= 11 is 12.0. The SMILES string of the molecule is O=C(NCc1cc(Cl)cc(Cl)c1)N1CC=C(c2c[nH]c3ncccc23)CC1. The number of rotatable bonds is 3. The van der Waals surface area contributed by atoms with Gasteiger partial charge in [0.15, 0.2) is 0 Å². The standard InChI is InChI=1S/C20H18Cl2N4O/c21-15-8-13(9-16(22)10-15)11-25-20(27)26-6-3-14(4-7-26)18-12-24-19-17(18)2-1-5-23-19/h1-3,5,8-10,12H,4,6-7,11H2,(H,23,24)(H,25,27). The van der Waals surface area contributed by atoms with Crippen molar-refractivity contribution in [2.24, 2.45) is 0 Å². The van der Waals surface area contributed by atoms with E-state index in [1.807, 2.05) is 12.3 Å². The number of amides is 2. The molecule has 2 N–H and O–H groups in total. The Morgan fingerprint density at radius 3 is 2.81 bits per heavy atom. The molecule has 0 unspecified atom stereocenters. The fraction of sp³-hybridized carbons (Fsp3) is 0.200. The molecule has 1 aliphatic rings. The summed E-state index contributed by atoms with van der Waals surface area (Å²) in [6.45, 7) is 1.63. The Labute approximate surface area is 167 Å². The fourth-order valence-corrected chi connectivity index (χ4v) is 3.89. The largest absolute Gasteiger partial charge is 0.346 e. The number of aromatic nitrogens is 2. The van der Waals surface area contributed by atoms with Crippen LogP contribution in [0.15, 0.2) is 48.8 Å². The Balaban J connectivity index is 1.40. The first-order chi connectivity index (χ1) is 13.1. The average Bonchev–Trinajstić information content (AvgIpc) is 3.10. The number of hydrogen-bond donors (Lipinski definition) is 2. The van der Waals surface area contributed by atoms with E-state index in [1.54, 1.807) is 29.3 Å². The summed E-state index contributed by atoms with van der Waals surface area (Å²) < 4.78 is 0. The second kappa shape index (κ2) is 7.62. The molecule has 138 valence electrons. The lowest BCUT2D eigenvalue weighted by atomic mass is 10.00. The number of benzene rings is 1. The number of fused-ring (bicyclic) bond motifs is 1. The van der Waals surface area contributed by atoms with Gasteiger partial charge in [-0.2, -0.15) is 0 Å². The predicted molar refractivity (Wildman–Crippen MR) is 109 cm³/mol. The molecular weight excluding hydrogens is 383 g/mol. The molecule has 0 radical (unpaired) electrons. The smallest absolute Gasteiger partial charge is 0.317 e. The predicted octanol–water partition coefficient (Wildman–Crippen LogP) is 4.87. The van der Waals surface area contributed by atoms with Gasteiger partial charge < -0.3 is 15.2 Å². The maximum absolute atomic E-state index is 12.5. The molecule has 2 aromatic heterocycles. The summed E-state index contributed by atoms with van der Waals surface area (Å²) in [5.74, 6) is 0. The number of urea groups is 1. The van der Waals surface area contributed by atoms with Crippen LogP contribution < -0.4 is 5.32 Å². The number of H-pyrrole nitrogens is 1. The van der Waals surface area contributed by atoms with Crippen molar-refractivity contribution < 1.29 is 4.79 Å². The molecule has 3 aromatic rings. The van der Waals surface area contributed by atoms with E-state index in [9.17, 15) is 4.79 Å². The zero-order chi connectivity index (χ0) is 18.8. The van der Waals surface area contributed by atoms with Crippen molar-refractivity contribution in [1.29, 1.82) is 0 Å². The van der Waals surface area contributed by atoms with Crippen molar-refractivity contribution >= 4 is 45.8 Å². The lowest BCUT2D eigenvalue weighted by Gasteiger charge is -2.26. The Morgan fingerprint density at radius 1 is 1.26 bits per heavy atom. The highest BCUT2D eigenvalue weighted by Gasteiger charge is 2.19. The number of carbonyl (C=O) groups is 1. The lowest BCUT2D eigenvalue weighted by Crippen LogP contribution is -2.41. The van der Waals surface area contributed by atoms with Crippen LogP contribution in [0.3, 0.4) is 0 Å². The summed E-state index contributed by atoms with van der Waals surface area (Å²) in [4.78, 5) is 21.8. The van der Waals surface area contributed by atoms with Gasteiger partial charge in [0.2, 0.25) is 0 Å². The summed E-state index contributed by atoms with van der Waals surface area (Å²) in [6, 6.07) is 9.17. The first kappa shape index (κ1) is 17.9. The van der Waals surface area contributed by atoms with E-state index in [1.165, 1.54) is 5.57 Å². The monoisotopic (exact) mass is 400 g/mol. The van der Waals surface area contributed by atoms with Crippen LogP contribution in [0.1, 0.15) is 17.5 Å². The molecule has 0 bridgehead atoms. The molecule has 0 atom stereocenters. The van der Waals surface area contributed by atoms with Crippen LogP contribution in [0.2, 0.25) is 10.0 Å². The Bertz CT molecular complexity index is 1010. The number of nitrogens with zero attached hydrogens (tertiary/aromatic N) is 2. The Hall–Kier alpha value is -2.50. The molecule has 4 rings (SSSR count). The van der Waals surface area contributed by atoms with Gasteiger partial charge in [-0.15, -0.1) is 0 Å². The van der Waals surface area contributed by atoms with Crippen LogP contribution in [-0.4, -0.2) is 34.0 Å². The zero-order valence-corrected chi connectivity index (χ0v) is 16.0. The number of carbonyl (C=O) groups excluding carboxylic acids is 1. The van der Waals surface area contributed by atoms with Crippen LogP contribution in [-0.2, 0) is 6.54 Å². The molecule has 1 aliphatic heterocycles. The van der Waals surface area contributed by atoms with Crippen LogP contribution in [0.5, 0.6) is 0 Å². The van der Waals surface area contributed by atoms with E-state index in [0.717, 1.165) is 28.6 Å². The number of nitrogens with one attached hydrogen (secondary N) is 2. The third-order valence-corrected chi connectivity index (χ3v) is 5.10. The maximum Gasteiger partial charge on any atom is 0.317 e. The number of pyridine rings is 1. The summed E-state index contributed by atoms with van der Waals surface area (Å²) in [6.07, 6.45) is 6.67. The van der Waals surface area contributed by atoms with Gasteiger partial charge in [-0.1, -0.05) is 29.3 Å². The highest BCUT2D eigenvalue weighted by Crippen LogP contribution is 2.28. The molecule has 27 heavy (non-hydrogen) atoms. The van der Waals surface area contributed by atoms with Crippen molar-refractivity contribution in [1.82, 2.24) is 20.2 Å². The van der Waals surface area contributed by atoms with Gasteiger partial charge in [-0.25, -0.2) is 9.78 Å². The van der Waals surface area contributed by atoms with Crippen LogP contribution in [0.25, 0.3) is 16.6 Å².